The first-order valence-electron chi connectivity index (χ1n) is 13.4. The Morgan fingerprint density at radius 3 is 2.54 bits per heavy atom. The molecule has 6 nitrogen and oxygen atoms in total. The summed E-state index contributed by atoms with van der Waals surface area (Å²) in [4.78, 5) is 24.5. The number of benzene rings is 3. The van der Waals surface area contributed by atoms with Crippen LogP contribution in [0.15, 0.2) is 85.0 Å². The number of alkyl halides is 3. The summed E-state index contributed by atoms with van der Waals surface area (Å²) >= 11 is 0. The van der Waals surface area contributed by atoms with E-state index in [0.29, 0.717) is 40.4 Å². The van der Waals surface area contributed by atoms with Gasteiger partial charge >= 0.3 is 6.18 Å². The molecule has 0 radical (unpaired) electrons. The van der Waals surface area contributed by atoms with Crippen molar-refractivity contribution in [2.75, 3.05) is 17.2 Å². The zero-order valence-electron chi connectivity index (χ0n) is 22.1. The molecule has 3 aromatic carbocycles. The molecular formula is C32H29F3N2O4. The monoisotopic (exact) mass is 562 g/mol. The van der Waals surface area contributed by atoms with E-state index >= 15 is 0 Å². The molecule has 9 heteroatoms. The third-order valence-corrected chi connectivity index (χ3v) is 7.06. The molecule has 3 aromatic rings. The highest BCUT2D eigenvalue weighted by molar-refractivity contribution is 6.03. The summed E-state index contributed by atoms with van der Waals surface area (Å²) in [5.74, 6) is 0.428. The maximum Gasteiger partial charge on any atom is 0.416 e. The normalized spacial score (nSPS) is 17.2. The first kappa shape index (κ1) is 28.2. The van der Waals surface area contributed by atoms with Gasteiger partial charge in [-0.1, -0.05) is 55.3 Å². The van der Waals surface area contributed by atoms with E-state index < -0.39 is 29.7 Å². The van der Waals surface area contributed by atoms with E-state index in [1.165, 1.54) is 37.1 Å². The van der Waals surface area contributed by atoms with E-state index in [0.717, 1.165) is 30.0 Å². The molecule has 1 saturated carbocycles. The van der Waals surface area contributed by atoms with Gasteiger partial charge in [0.2, 0.25) is 5.91 Å². The van der Waals surface area contributed by atoms with Gasteiger partial charge in [0.05, 0.1) is 12.2 Å². The first-order valence-corrected chi connectivity index (χ1v) is 13.4. The molecule has 1 atom stereocenters. The van der Waals surface area contributed by atoms with Crippen molar-refractivity contribution in [1.29, 1.82) is 0 Å². The van der Waals surface area contributed by atoms with Gasteiger partial charge < -0.3 is 20.5 Å². The number of allylic oxidation sites excluding steroid dienone is 2. The van der Waals surface area contributed by atoms with Crippen molar-refractivity contribution >= 4 is 28.8 Å². The van der Waals surface area contributed by atoms with Crippen molar-refractivity contribution in [3.63, 3.8) is 0 Å². The number of amides is 2. The zero-order chi connectivity index (χ0) is 29.0. The van der Waals surface area contributed by atoms with Crippen LogP contribution in [0.25, 0.3) is 5.57 Å². The average Bonchev–Trinajstić information content (AvgIpc) is 3.77. The predicted octanol–water partition coefficient (Wildman–Crippen LogP) is 6.37. The van der Waals surface area contributed by atoms with Gasteiger partial charge in [-0.05, 0) is 65.4 Å². The van der Waals surface area contributed by atoms with Gasteiger partial charge in [-0.15, -0.1) is 0 Å². The minimum atomic E-state index is -4.45. The molecule has 3 N–H and O–H groups in total. The number of carbonyl (C=O) groups is 2. The number of fused-ring (bicyclic) bond motifs is 1. The fourth-order valence-electron chi connectivity index (χ4n) is 4.65. The van der Waals surface area contributed by atoms with Gasteiger partial charge in [0.15, 0.2) is 0 Å². The van der Waals surface area contributed by atoms with Gasteiger partial charge in [-0.25, -0.2) is 0 Å². The maximum absolute atomic E-state index is 13.2. The van der Waals surface area contributed by atoms with Gasteiger partial charge in [0, 0.05) is 29.4 Å². The molecule has 5 rings (SSSR count). The highest BCUT2D eigenvalue weighted by Crippen LogP contribution is 2.34. The number of halogens is 3. The summed E-state index contributed by atoms with van der Waals surface area (Å²) in [5.41, 5.74) is 2.71. The standard InChI is InChI=1S/C32H29F3N2O4/c33-32(34,35)23-14-12-21(13-15-23)25(22-4-1-5-24(18-22)41-17-16-20-10-11-20)6-2-9-30(39)36-27-7-3-8-28-26(27)19-29(38)31(40)37-28/h1-9,12-15,18,20,29,38H,10-11,16-17,19H2,(H,36,39)(H,37,40)/b9-2+,25-6-. The highest BCUT2D eigenvalue weighted by atomic mass is 19.4. The Bertz CT molecular complexity index is 1490. The van der Waals surface area contributed by atoms with Gasteiger partial charge in [0.25, 0.3) is 5.91 Å². The third-order valence-electron chi connectivity index (χ3n) is 7.06. The molecule has 1 fully saturated rings. The lowest BCUT2D eigenvalue weighted by molar-refractivity contribution is -0.137. The number of carbonyl (C=O) groups excluding carboxylic acids is 2. The summed E-state index contributed by atoms with van der Waals surface area (Å²) in [5, 5.41) is 15.3. The molecule has 1 heterocycles. The quantitative estimate of drug-likeness (QED) is 0.209. The second-order valence-corrected chi connectivity index (χ2v) is 10.2. The SMILES string of the molecule is O=C(/C=C/C=C(/c1ccc(C(F)(F)F)cc1)c1cccc(OCCC2CC2)c1)Nc1cccc2c1CC(O)C(=O)N2. The molecule has 41 heavy (non-hydrogen) atoms. The Hall–Kier alpha value is -4.37. The second-order valence-electron chi connectivity index (χ2n) is 10.2. The molecular weight excluding hydrogens is 533 g/mol. The summed E-state index contributed by atoms with van der Waals surface area (Å²) in [6.45, 7) is 0.595. The molecule has 0 spiro atoms. The van der Waals surface area contributed by atoms with Crippen LogP contribution in [0.3, 0.4) is 0 Å². The van der Waals surface area contributed by atoms with Crippen LogP contribution in [-0.4, -0.2) is 29.6 Å². The lowest BCUT2D eigenvalue weighted by Gasteiger charge is -2.23. The Morgan fingerprint density at radius 2 is 1.80 bits per heavy atom. The van der Waals surface area contributed by atoms with Crippen molar-refractivity contribution in [1.82, 2.24) is 0 Å². The molecule has 1 aliphatic carbocycles. The number of aliphatic hydroxyl groups is 1. The van der Waals surface area contributed by atoms with E-state index in [9.17, 15) is 27.9 Å². The van der Waals surface area contributed by atoms with Crippen molar-refractivity contribution in [2.24, 2.45) is 5.92 Å². The van der Waals surface area contributed by atoms with Crippen molar-refractivity contribution in [3.05, 3.63) is 107 Å². The number of hydrogen-bond acceptors (Lipinski definition) is 4. The summed E-state index contributed by atoms with van der Waals surface area (Å²) < 4.78 is 45.4. The fraction of sp³-hybridized carbons (Fsp3) is 0.250. The maximum atomic E-state index is 13.2. The molecule has 1 unspecified atom stereocenters. The van der Waals surface area contributed by atoms with E-state index in [2.05, 4.69) is 10.6 Å². The number of anilines is 2. The number of rotatable bonds is 9. The lowest BCUT2D eigenvalue weighted by atomic mass is 9.96. The molecule has 2 aliphatic rings. The molecule has 0 bridgehead atoms. The first-order chi connectivity index (χ1) is 19.7. The van der Waals surface area contributed by atoms with Crippen LogP contribution >= 0.6 is 0 Å². The number of nitrogens with one attached hydrogen (secondary N) is 2. The Morgan fingerprint density at radius 1 is 1.05 bits per heavy atom. The molecule has 2 amide bonds. The fourth-order valence-corrected chi connectivity index (χ4v) is 4.65. The van der Waals surface area contributed by atoms with Crippen LogP contribution in [0.4, 0.5) is 24.5 Å². The van der Waals surface area contributed by atoms with E-state index in [-0.39, 0.29) is 6.42 Å². The van der Waals surface area contributed by atoms with Crippen molar-refractivity contribution in [2.45, 2.75) is 38.0 Å². The van der Waals surface area contributed by atoms with Crippen LogP contribution < -0.4 is 15.4 Å². The van der Waals surface area contributed by atoms with Crippen LogP contribution in [0.5, 0.6) is 5.75 Å². The largest absolute Gasteiger partial charge is 0.494 e. The van der Waals surface area contributed by atoms with Crippen LogP contribution in [0.1, 0.15) is 41.5 Å². The van der Waals surface area contributed by atoms with E-state index in [4.69, 9.17) is 4.74 Å². The van der Waals surface area contributed by atoms with E-state index in [1.807, 2.05) is 24.3 Å². The number of hydrogen-bond donors (Lipinski definition) is 3. The average molecular weight is 563 g/mol. The minimum Gasteiger partial charge on any atom is -0.494 e. The molecule has 0 aromatic heterocycles. The smallest absolute Gasteiger partial charge is 0.416 e. The topological polar surface area (TPSA) is 87.7 Å². The molecule has 0 saturated heterocycles. The third kappa shape index (κ3) is 7.24. The van der Waals surface area contributed by atoms with Crippen molar-refractivity contribution in [3.8, 4) is 5.75 Å². The Labute approximate surface area is 235 Å². The highest BCUT2D eigenvalue weighted by Gasteiger charge is 2.30. The number of aliphatic hydroxyl groups excluding tert-OH is 1. The van der Waals surface area contributed by atoms with Gasteiger partial charge in [-0.2, -0.15) is 13.2 Å². The lowest BCUT2D eigenvalue weighted by Crippen LogP contribution is -2.34. The van der Waals surface area contributed by atoms with Gasteiger partial charge in [0.1, 0.15) is 11.9 Å². The Balaban J connectivity index is 1.38. The van der Waals surface area contributed by atoms with Crippen LogP contribution in [-0.2, 0) is 22.2 Å². The predicted molar refractivity (Wildman–Crippen MR) is 150 cm³/mol. The molecule has 1 aliphatic heterocycles. The summed E-state index contributed by atoms with van der Waals surface area (Å²) in [7, 11) is 0. The minimum absolute atomic E-state index is 0.0678. The summed E-state index contributed by atoms with van der Waals surface area (Å²) in [6.07, 6.45) is 2.34. The Kier molecular flexibility index (Phi) is 8.26. The zero-order valence-corrected chi connectivity index (χ0v) is 22.1. The number of ether oxygens (including phenoxy) is 1. The second kappa shape index (κ2) is 12.0. The van der Waals surface area contributed by atoms with Crippen LogP contribution in [0.2, 0.25) is 0 Å². The van der Waals surface area contributed by atoms with Gasteiger partial charge in [-0.3, -0.25) is 9.59 Å². The van der Waals surface area contributed by atoms with Crippen molar-refractivity contribution < 1.29 is 32.6 Å². The van der Waals surface area contributed by atoms with E-state index in [1.54, 1.807) is 24.3 Å². The summed E-state index contributed by atoms with van der Waals surface area (Å²) in [6, 6.07) is 17.2. The van der Waals surface area contributed by atoms with Crippen LogP contribution in [0, 0.1) is 5.92 Å². The molecule has 212 valence electrons.